The third-order valence-corrected chi connectivity index (χ3v) is 7.06. The summed E-state index contributed by atoms with van der Waals surface area (Å²) in [6, 6.07) is 5.76. The molecular weight excluding hydrogens is 662 g/mol. The molecule has 1 aromatic carbocycles. The molecule has 1 aromatic rings. The summed E-state index contributed by atoms with van der Waals surface area (Å²) in [4.78, 5) is 79.5. The number of carbonyl (C=O) groups excluding carboxylic acids is 6. The number of Topliss-reactive ketones (excluding diaryl/α,β-unsaturated/α-hetero) is 1. The van der Waals surface area contributed by atoms with Crippen LogP contribution in [0.25, 0.3) is 0 Å². The number of amides is 4. The van der Waals surface area contributed by atoms with E-state index >= 15 is 0 Å². The Morgan fingerprint density at radius 2 is 1.57 bits per heavy atom. The maximum absolute atomic E-state index is 13.7. The number of nitrogens with one attached hydrogen (secondary N) is 4. The highest BCUT2D eigenvalue weighted by Crippen LogP contribution is 2.19. The molecule has 2 aliphatic heterocycles. The number of nitrogens with zero attached hydrogens (tertiary/aromatic N) is 1. The van der Waals surface area contributed by atoms with Crippen molar-refractivity contribution in [2.24, 2.45) is 10.9 Å². The lowest BCUT2D eigenvalue weighted by atomic mass is 9.90. The zero-order valence-electron chi connectivity index (χ0n) is 30.7. The lowest BCUT2D eigenvalue weighted by molar-refractivity contribution is -0.134. The molecule has 2 heterocycles. The second-order valence-corrected chi connectivity index (χ2v) is 14.1. The van der Waals surface area contributed by atoms with Crippen molar-refractivity contribution in [2.45, 2.75) is 110 Å². The number of ketones is 1. The van der Waals surface area contributed by atoms with E-state index in [0.29, 0.717) is 31.5 Å². The lowest BCUT2D eigenvalue weighted by Gasteiger charge is -2.23. The first-order chi connectivity index (χ1) is 23.9. The number of alkyl carbamates (subject to hydrolysis) is 2. The van der Waals surface area contributed by atoms with Crippen molar-refractivity contribution in [2.75, 3.05) is 19.8 Å². The molecule has 2 aliphatic rings. The molecule has 0 aromatic heterocycles. The molecule has 51 heavy (non-hydrogen) atoms. The van der Waals surface area contributed by atoms with E-state index in [1.165, 1.54) is 6.92 Å². The Balaban J connectivity index is 2.26. The molecule has 282 valence electrons. The Hall–Kier alpha value is -4.95. The maximum atomic E-state index is 13.7. The number of carbonyl (C=O) groups is 6. The van der Waals surface area contributed by atoms with Crippen molar-refractivity contribution in [3.63, 3.8) is 0 Å². The zero-order chi connectivity index (χ0) is 38.0. The normalized spacial score (nSPS) is 19.2. The number of ether oxygens (including phenoxy) is 4. The molecule has 0 radical (unpaired) electrons. The first kappa shape index (κ1) is 42.2. The molecule has 4 amide bonds. The molecule has 0 unspecified atom stereocenters. The molecule has 4 N–H and O–H groups in total. The minimum atomic E-state index is -0.874. The topological polar surface area (TPSA) is 200 Å². The van der Waals surface area contributed by atoms with Gasteiger partial charge in [0.2, 0.25) is 17.8 Å². The van der Waals surface area contributed by atoms with Crippen LogP contribution in [0.15, 0.2) is 41.4 Å². The lowest BCUT2D eigenvalue weighted by Crippen LogP contribution is -2.47. The van der Waals surface area contributed by atoms with Crippen molar-refractivity contribution in [1.29, 1.82) is 0 Å². The summed E-state index contributed by atoms with van der Waals surface area (Å²) < 4.78 is 21.3. The summed E-state index contributed by atoms with van der Waals surface area (Å²) in [6.45, 7) is 12.1. The first-order valence-electron chi connectivity index (χ1n) is 17.0. The monoisotopic (exact) mass is 715 g/mol. The predicted molar refractivity (Wildman–Crippen MR) is 189 cm³/mol. The van der Waals surface area contributed by atoms with Gasteiger partial charge in [0.15, 0.2) is 5.78 Å². The number of fused-ring (bicyclic) bond motifs is 13. The smallest absolute Gasteiger partial charge is 0.414 e. The maximum Gasteiger partial charge on any atom is 0.414 e. The highest BCUT2D eigenvalue weighted by atomic mass is 16.6. The van der Waals surface area contributed by atoms with Gasteiger partial charge in [-0.2, -0.15) is 0 Å². The number of hydrogen-bond acceptors (Lipinski definition) is 11. The van der Waals surface area contributed by atoms with Gasteiger partial charge < -0.3 is 29.6 Å². The van der Waals surface area contributed by atoms with E-state index in [1.54, 1.807) is 59.8 Å². The molecule has 15 heteroatoms. The SMILES string of the molecule is CC(=O)N[C@H]1Cc2ccc(cc2)OC/C=C\C[C@@H](COC=O)NC(=O)[C@H](CCCCN=C(NC(=O)OC(C)(C)C)NC(=O)OC(C)(C)C)CC1=O. The van der Waals surface area contributed by atoms with Crippen LogP contribution in [-0.4, -0.2) is 85.3 Å². The number of rotatable bonds is 9. The Morgan fingerprint density at radius 1 is 0.941 bits per heavy atom. The highest BCUT2D eigenvalue weighted by Gasteiger charge is 2.29. The summed E-state index contributed by atoms with van der Waals surface area (Å²) in [5.74, 6) is -1.45. The van der Waals surface area contributed by atoms with Gasteiger partial charge in [-0.1, -0.05) is 30.7 Å². The van der Waals surface area contributed by atoms with Crippen molar-refractivity contribution in [1.82, 2.24) is 21.3 Å². The minimum Gasteiger partial charge on any atom is -0.490 e. The second-order valence-electron chi connectivity index (χ2n) is 14.1. The summed E-state index contributed by atoms with van der Waals surface area (Å²) in [6.07, 6.45) is 3.46. The molecule has 0 saturated carbocycles. The van der Waals surface area contributed by atoms with Crippen molar-refractivity contribution in [3.05, 3.63) is 42.0 Å². The van der Waals surface area contributed by atoms with Crippen molar-refractivity contribution >= 4 is 42.2 Å². The van der Waals surface area contributed by atoms with Crippen LogP contribution in [0.4, 0.5) is 9.59 Å². The van der Waals surface area contributed by atoms with Gasteiger partial charge in [0.25, 0.3) is 6.47 Å². The van der Waals surface area contributed by atoms with Crippen LogP contribution in [-0.2, 0) is 39.8 Å². The number of unbranched alkanes of at least 4 members (excludes halogenated alkanes) is 1. The molecule has 0 fully saturated rings. The summed E-state index contributed by atoms with van der Waals surface area (Å²) in [5.41, 5.74) is -0.791. The third kappa shape index (κ3) is 18.6. The van der Waals surface area contributed by atoms with E-state index in [9.17, 15) is 28.8 Å². The van der Waals surface area contributed by atoms with Crippen molar-refractivity contribution in [3.8, 4) is 5.75 Å². The van der Waals surface area contributed by atoms with Crippen LogP contribution in [0.5, 0.6) is 5.75 Å². The zero-order valence-corrected chi connectivity index (χ0v) is 30.7. The Labute approximate surface area is 299 Å². The third-order valence-electron chi connectivity index (χ3n) is 7.06. The number of guanidine groups is 1. The van der Waals surface area contributed by atoms with E-state index in [-0.39, 0.29) is 56.7 Å². The number of aliphatic imine (C=N–C) groups is 1. The van der Waals surface area contributed by atoms with Gasteiger partial charge in [-0.3, -0.25) is 34.8 Å². The fourth-order valence-corrected chi connectivity index (χ4v) is 4.88. The van der Waals surface area contributed by atoms with Crippen LogP contribution in [0.2, 0.25) is 0 Å². The molecular formula is C36H53N5O10. The Kier molecular flexibility index (Phi) is 17.1. The van der Waals surface area contributed by atoms with E-state index < -0.39 is 47.3 Å². The average molecular weight is 716 g/mol. The van der Waals surface area contributed by atoms with Gasteiger partial charge in [0.1, 0.15) is 30.2 Å². The average Bonchev–Trinajstić information content (AvgIpc) is 3.00. The molecule has 2 bridgehead atoms. The van der Waals surface area contributed by atoms with Gasteiger partial charge in [-0.25, -0.2) is 9.59 Å². The van der Waals surface area contributed by atoms with Crippen molar-refractivity contribution < 1.29 is 47.7 Å². The van der Waals surface area contributed by atoms with E-state index in [0.717, 1.165) is 5.56 Å². The molecule has 3 rings (SSSR count). The molecule has 0 saturated heterocycles. The fraction of sp³-hybridized carbons (Fsp3) is 0.583. The van der Waals surface area contributed by atoms with Gasteiger partial charge in [-0.05, 0) is 84.9 Å². The van der Waals surface area contributed by atoms with Crippen LogP contribution >= 0.6 is 0 Å². The molecule has 15 nitrogen and oxygen atoms in total. The largest absolute Gasteiger partial charge is 0.490 e. The Morgan fingerprint density at radius 3 is 2.14 bits per heavy atom. The van der Waals surface area contributed by atoms with Crippen LogP contribution in [0.3, 0.4) is 0 Å². The number of hydrogen-bond donors (Lipinski definition) is 4. The fourth-order valence-electron chi connectivity index (χ4n) is 4.88. The molecule has 3 atom stereocenters. The van der Waals surface area contributed by atoms with E-state index in [4.69, 9.17) is 18.9 Å². The molecule has 0 aliphatic carbocycles. The van der Waals surface area contributed by atoms with Crippen LogP contribution < -0.4 is 26.0 Å². The first-order valence-corrected chi connectivity index (χ1v) is 17.0. The Bertz CT molecular complexity index is 1360. The molecule has 0 spiro atoms. The van der Waals surface area contributed by atoms with E-state index in [1.807, 2.05) is 18.2 Å². The van der Waals surface area contributed by atoms with Gasteiger partial charge >= 0.3 is 12.2 Å². The van der Waals surface area contributed by atoms with E-state index in [2.05, 4.69) is 26.3 Å². The van der Waals surface area contributed by atoms with Gasteiger partial charge in [-0.15, -0.1) is 0 Å². The second kappa shape index (κ2) is 20.7. The minimum absolute atomic E-state index is 0.0798. The highest BCUT2D eigenvalue weighted by molar-refractivity contribution is 6.01. The van der Waals surface area contributed by atoms with Crippen LogP contribution in [0, 0.1) is 5.92 Å². The quantitative estimate of drug-likeness (QED) is 0.0727. The van der Waals surface area contributed by atoms with Gasteiger partial charge in [0.05, 0.1) is 12.1 Å². The standard InChI is InChI=1S/C36H53N5O10/c1-24(43)38-29-20-25-14-16-28(17-15-25)49-19-11-9-13-27(22-48-23-42)39-31(45)26(21-30(29)44)12-8-10-18-37-32(40-33(46)50-35(2,3)4)41-34(47)51-36(5,6)7/h9,11,14-17,23,26-27,29H,8,10,12-13,18-22H2,1-7H3,(H,38,43)(H,39,45)(H2,37,40,41,46,47)/b11-9-/t26-,27+,29+/m1/s1. The van der Waals surface area contributed by atoms with Crippen LogP contribution in [0.1, 0.15) is 86.1 Å². The summed E-state index contributed by atoms with van der Waals surface area (Å²) in [7, 11) is 0. The number of benzene rings is 1. The predicted octanol–water partition coefficient (Wildman–Crippen LogP) is 3.88. The summed E-state index contributed by atoms with van der Waals surface area (Å²) >= 11 is 0. The summed E-state index contributed by atoms with van der Waals surface area (Å²) in [5, 5.41) is 10.5. The van der Waals surface area contributed by atoms with Gasteiger partial charge in [0, 0.05) is 25.8 Å².